The predicted molar refractivity (Wildman–Crippen MR) is 78.4 cm³/mol. The predicted octanol–water partition coefficient (Wildman–Crippen LogP) is 2.20. The van der Waals surface area contributed by atoms with Gasteiger partial charge >= 0.3 is 0 Å². The minimum Gasteiger partial charge on any atom is -0.370 e. The number of nitrogens with zero attached hydrogens (tertiary/aromatic N) is 2. The summed E-state index contributed by atoms with van der Waals surface area (Å²) in [6, 6.07) is 8.66. The average Bonchev–Trinajstić information content (AvgIpc) is 2.53. The van der Waals surface area contributed by atoms with Crippen LogP contribution in [0.15, 0.2) is 24.3 Å². The van der Waals surface area contributed by atoms with E-state index in [4.69, 9.17) is 17.3 Å². The third kappa shape index (κ3) is 3.37. The van der Waals surface area contributed by atoms with E-state index in [-0.39, 0.29) is 0 Å². The quantitative estimate of drug-likeness (QED) is 0.911. The van der Waals surface area contributed by atoms with Gasteiger partial charge in [0.05, 0.1) is 0 Å². The molecule has 0 spiro atoms. The molecule has 1 aromatic rings. The Morgan fingerprint density at radius 2 is 2.22 bits per heavy atom. The van der Waals surface area contributed by atoms with Crippen molar-refractivity contribution in [3.8, 4) is 0 Å². The summed E-state index contributed by atoms with van der Waals surface area (Å²) in [4.78, 5) is 4.85. The van der Waals surface area contributed by atoms with Gasteiger partial charge < -0.3 is 15.5 Å². The maximum atomic E-state index is 6.07. The molecule has 1 unspecified atom stereocenters. The first-order valence-electron chi connectivity index (χ1n) is 6.61. The maximum Gasteiger partial charge on any atom is 0.0426 e. The molecule has 4 heteroatoms. The van der Waals surface area contributed by atoms with Gasteiger partial charge in [-0.1, -0.05) is 17.7 Å². The summed E-state index contributed by atoms with van der Waals surface area (Å²) in [5.74, 6) is 0. The summed E-state index contributed by atoms with van der Waals surface area (Å²) < 4.78 is 0. The normalized spacial score (nSPS) is 21.9. The number of benzene rings is 1. The molecule has 0 radical (unpaired) electrons. The third-order valence-corrected chi connectivity index (χ3v) is 3.90. The Bertz CT molecular complexity index is 383. The number of halogens is 1. The van der Waals surface area contributed by atoms with Crippen LogP contribution >= 0.6 is 11.6 Å². The number of nitrogens with two attached hydrogens (primary N) is 1. The lowest BCUT2D eigenvalue weighted by Gasteiger charge is -2.30. The molecule has 3 nitrogen and oxygen atoms in total. The molecule has 1 aliphatic rings. The molecule has 100 valence electrons. The Labute approximate surface area is 115 Å². The van der Waals surface area contributed by atoms with Crippen LogP contribution in [0.2, 0.25) is 5.02 Å². The Morgan fingerprint density at radius 3 is 2.94 bits per heavy atom. The van der Waals surface area contributed by atoms with E-state index < -0.39 is 0 Å². The van der Waals surface area contributed by atoms with E-state index in [2.05, 4.69) is 22.9 Å². The Morgan fingerprint density at radius 1 is 1.39 bits per heavy atom. The zero-order chi connectivity index (χ0) is 13.0. The molecule has 18 heavy (non-hydrogen) atoms. The molecule has 0 aromatic heterocycles. The van der Waals surface area contributed by atoms with Gasteiger partial charge in [0.15, 0.2) is 0 Å². The fraction of sp³-hybridized carbons (Fsp3) is 0.571. The molecule has 1 fully saturated rings. The minimum absolute atomic E-state index is 0.538. The lowest BCUT2D eigenvalue weighted by molar-refractivity contribution is 0.251. The zero-order valence-electron chi connectivity index (χ0n) is 11.0. The van der Waals surface area contributed by atoms with Gasteiger partial charge in [-0.05, 0) is 51.2 Å². The van der Waals surface area contributed by atoms with Crippen LogP contribution in [-0.4, -0.2) is 44.2 Å². The lowest BCUT2D eigenvalue weighted by Crippen LogP contribution is -2.40. The molecule has 1 heterocycles. The van der Waals surface area contributed by atoms with E-state index in [1.165, 1.54) is 12.1 Å². The number of rotatable bonds is 3. The second kappa shape index (κ2) is 6.41. The Balaban J connectivity index is 2.12. The van der Waals surface area contributed by atoms with Crippen molar-refractivity contribution >= 4 is 17.3 Å². The highest BCUT2D eigenvalue weighted by molar-refractivity contribution is 6.30. The highest BCUT2D eigenvalue weighted by atomic mass is 35.5. The van der Waals surface area contributed by atoms with E-state index in [1.807, 2.05) is 18.2 Å². The highest BCUT2D eigenvalue weighted by Crippen LogP contribution is 2.22. The van der Waals surface area contributed by atoms with Gasteiger partial charge in [0.2, 0.25) is 0 Å². The van der Waals surface area contributed by atoms with Crippen LogP contribution in [0.25, 0.3) is 0 Å². The summed E-state index contributed by atoms with van der Waals surface area (Å²) in [6.07, 6.45) is 2.23. The average molecular weight is 268 g/mol. The SMILES string of the molecule is CN1CCCN(c2cccc(Cl)c2)CC1CCN. The van der Waals surface area contributed by atoms with Crippen molar-refractivity contribution in [2.45, 2.75) is 18.9 Å². The summed E-state index contributed by atoms with van der Waals surface area (Å²) >= 11 is 6.07. The lowest BCUT2D eigenvalue weighted by atomic mass is 10.1. The largest absolute Gasteiger partial charge is 0.370 e. The van der Waals surface area contributed by atoms with Gasteiger partial charge in [0, 0.05) is 29.8 Å². The Kier molecular flexibility index (Phi) is 4.87. The molecule has 0 aliphatic carbocycles. The third-order valence-electron chi connectivity index (χ3n) is 3.67. The zero-order valence-corrected chi connectivity index (χ0v) is 11.7. The first kappa shape index (κ1) is 13.7. The van der Waals surface area contributed by atoms with Crippen LogP contribution in [0.5, 0.6) is 0 Å². The molecule has 1 aromatic carbocycles. The van der Waals surface area contributed by atoms with E-state index in [9.17, 15) is 0 Å². The van der Waals surface area contributed by atoms with Gasteiger partial charge in [-0.15, -0.1) is 0 Å². The van der Waals surface area contributed by atoms with Crippen molar-refractivity contribution in [2.24, 2.45) is 5.73 Å². The molecule has 0 amide bonds. The van der Waals surface area contributed by atoms with Crippen LogP contribution in [-0.2, 0) is 0 Å². The fourth-order valence-corrected chi connectivity index (χ4v) is 2.77. The second-order valence-corrected chi connectivity index (χ2v) is 5.43. The Hall–Kier alpha value is -0.770. The van der Waals surface area contributed by atoms with Gasteiger partial charge in [-0.25, -0.2) is 0 Å². The van der Waals surface area contributed by atoms with E-state index in [0.29, 0.717) is 6.04 Å². The molecule has 2 rings (SSSR count). The maximum absolute atomic E-state index is 6.07. The van der Waals surface area contributed by atoms with Gasteiger partial charge in [-0.2, -0.15) is 0 Å². The smallest absolute Gasteiger partial charge is 0.0426 e. The molecule has 1 atom stereocenters. The van der Waals surface area contributed by atoms with Gasteiger partial charge in [0.25, 0.3) is 0 Å². The van der Waals surface area contributed by atoms with Crippen molar-refractivity contribution in [3.63, 3.8) is 0 Å². The van der Waals surface area contributed by atoms with Crippen LogP contribution in [0.4, 0.5) is 5.69 Å². The van der Waals surface area contributed by atoms with Crippen LogP contribution in [0.1, 0.15) is 12.8 Å². The monoisotopic (exact) mass is 267 g/mol. The van der Waals surface area contributed by atoms with Crippen molar-refractivity contribution in [2.75, 3.05) is 38.1 Å². The molecule has 0 saturated carbocycles. The molecule has 1 aliphatic heterocycles. The molecule has 0 bridgehead atoms. The molecular weight excluding hydrogens is 246 g/mol. The van der Waals surface area contributed by atoms with Crippen LogP contribution < -0.4 is 10.6 Å². The van der Waals surface area contributed by atoms with Gasteiger partial charge in [-0.3, -0.25) is 0 Å². The van der Waals surface area contributed by atoms with Crippen molar-refractivity contribution in [1.82, 2.24) is 4.90 Å². The van der Waals surface area contributed by atoms with Crippen molar-refractivity contribution < 1.29 is 0 Å². The van der Waals surface area contributed by atoms with Crippen molar-refractivity contribution in [1.29, 1.82) is 0 Å². The molecule has 1 saturated heterocycles. The van der Waals surface area contributed by atoms with E-state index in [1.54, 1.807) is 0 Å². The first-order valence-corrected chi connectivity index (χ1v) is 6.99. The van der Waals surface area contributed by atoms with E-state index in [0.717, 1.165) is 37.6 Å². The van der Waals surface area contributed by atoms with Crippen LogP contribution in [0, 0.1) is 0 Å². The number of anilines is 1. The summed E-state index contributed by atoms with van der Waals surface area (Å²) in [6.45, 7) is 4.01. The topological polar surface area (TPSA) is 32.5 Å². The number of hydrogen-bond donors (Lipinski definition) is 1. The first-order chi connectivity index (χ1) is 8.70. The van der Waals surface area contributed by atoms with Crippen LogP contribution in [0.3, 0.4) is 0 Å². The minimum atomic E-state index is 0.538. The van der Waals surface area contributed by atoms with Gasteiger partial charge in [0.1, 0.15) is 0 Å². The second-order valence-electron chi connectivity index (χ2n) is 4.99. The number of hydrogen-bond acceptors (Lipinski definition) is 3. The highest BCUT2D eigenvalue weighted by Gasteiger charge is 2.21. The number of likely N-dealkylation sites (N-methyl/N-ethyl adjacent to an activating group) is 1. The molecule has 2 N–H and O–H groups in total. The molecular formula is C14H22ClN3. The fourth-order valence-electron chi connectivity index (χ4n) is 2.59. The standard InChI is InChI=1S/C14H22ClN3/c1-17-8-3-9-18(11-14(17)6-7-16)13-5-2-4-12(15)10-13/h2,4-5,10,14H,3,6-9,11,16H2,1H3. The summed E-state index contributed by atoms with van der Waals surface area (Å²) in [7, 11) is 2.20. The van der Waals surface area contributed by atoms with Crippen molar-refractivity contribution in [3.05, 3.63) is 29.3 Å². The van der Waals surface area contributed by atoms with E-state index >= 15 is 0 Å². The summed E-state index contributed by atoms with van der Waals surface area (Å²) in [5, 5.41) is 0.806. The summed E-state index contributed by atoms with van der Waals surface area (Å²) in [5.41, 5.74) is 6.94.